The number of nitrogens with two attached hydrogens (primary N) is 1. The van der Waals surface area contributed by atoms with Gasteiger partial charge in [-0.3, -0.25) is 14.5 Å². The van der Waals surface area contributed by atoms with Crippen LogP contribution < -0.4 is 11.1 Å². The number of rotatable bonds is 13. The second-order valence-electron chi connectivity index (χ2n) is 9.78. The third kappa shape index (κ3) is 7.90. The van der Waals surface area contributed by atoms with Crippen LogP contribution in [0.1, 0.15) is 86.0 Å². The molecule has 0 aromatic rings. The Balaban J connectivity index is 2.25. The quantitative estimate of drug-likeness (QED) is 0.377. The minimum Gasteiger partial charge on any atom is -0.330 e. The lowest BCUT2D eigenvalue weighted by Crippen LogP contribution is -2.35. The molecular weight excluding hydrogens is 338 g/mol. The fraction of sp³-hybridized carbons (Fsp3) is 0.909. The average Bonchev–Trinajstić information content (AvgIpc) is 2.82. The van der Waals surface area contributed by atoms with E-state index in [0.29, 0.717) is 13.0 Å². The van der Waals surface area contributed by atoms with Crippen LogP contribution in [0.15, 0.2) is 0 Å². The summed E-state index contributed by atoms with van der Waals surface area (Å²) in [5.41, 5.74) is 5.62. The summed E-state index contributed by atoms with van der Waals surface area (Å²) in [7, 11) is 0. The smallest absolute Gasteiger partial charge is 0.232 e. The molecule has 1 heterocycles. The Morgan fingerprint density at radius 3 is 2.11 bits per heavy atom. The van der Waals surface area contributed by atoms with Crippen LogP contribution in [0.25, 0.3) is 0 Å². The van der Waals surface area contributed by atoms with Crippen molar-refractivity contribution >= 4 is 11.8 Å². The Bertz CT molecular complexity index is 469. The van der Waals surface area contributed by atoms with E-state index in [1.165, 1.54) is 17.7 Å². The summed E-state index contributed by atoms with van der Waals surface area (Å²) < 4.78 is 0. The van der Waals surface area contributed by atoms with Crippen LogP contribution in [0.5, 0.6) is 0 Å². The predicted octanol–water partition coefficient (Wildman–Crippen LogP) is 3.71. The van der Waals surface area contributed by atoms with Crippen molar-refractivity contribution in [1.82, 2.24) is 10.2 Å². The summed E-state index contributed by atoms with van der Waals surface area (Å²) in [5, 5.41) is 3.45. The van der Waals surface area contributed by atoms with Crippen LogP contribution in [-0.4, -0.2) is 42.9 Å². The van der Waals surface area contributed by atoms with Gasteiger partial charge in [-0.2, -0.15) is 0 Å². The highest BCUT2D eigenvalue weighted by atomic mass is 16.2. The summed E-state index contributed by atoms with van der Waals surface area (Å²) in [6, 6.07) is 0. The van der Waals surface area contributed by atoms with E-state index in [1.54, 1.807) is 0 Å². The number of nitrogens with one attached hydrogen (secondary N) is 1. The molecule has 5 nitrogen and oxygen atoms in total. The first kappa shape index (κ1) is 24.1. The Morgan fingerprint density at radius 1 is 0.963 bits per heavy atom. The van der Waals surface area contributed by atoms with Gasteiger partial charge in [-0.25, -0.2) is 0 Å². The molecular formula is C22H43N3O2. The van der Waals surface area contributed by atoms with Crippen LogP contribution in [-0.2, 0) is 9.59 Å². The maximum absolute atomic E-state index is 12.7. The molecule has 3 N–H and O–H groups in total. The van der Waals surface area contributed by atoms with Crippen molar-refractivity contribution in [1.29, 1.82) is 0 Å². The zero-order valence-electron chi connectivity index (χ0n) is 18.4. The normalized spacial score (nSPS) is 18.6. The topological polar surface area (TPSA) is 75.4 Å². The number of carbonyl (C=O) groups is 2. The monoisotopic (exact) mass is 381 g/mol. The number of amides is 2. The first-order chi connectivity index (χ1) is 12.6. The van der Waals surface area contributed by atoms with Gasteiger partial charge in [-0.1, -0.05) is 47.5 Å². The number of nitrogens with zero attached hydrogens (tertiary/aromatic N) is 1. The lowest BCUT2D eigenvalue weighted by atomic mass is 9.65. The average molecular weight is 382 g/mol. The van der Waals surface area contributed by atoms with Gasteiger partial charge in [0.05, 0.1) is 0 Å². The number of unbranched alkanes of at least 4 members (excludes halogenated alkanes) is 4. The lowest BCUT2D eigenvalue weighted by molar-refractivity contribution is -0.139. The standard InChI is InChI=1S/C22H43N3O2/c1-21(2,3)22(4,5)17-18-16-19(26)25(20(18)27)15-11-7-10-14-24-13-9-6-8-12-23/h18,24H,6-17,23H2,1-5H3. The van der Waals surface area contributed by atoms with Gasteiger partial charge in [0.1, 0.15) is 0 Å². The van der Waals surface area contributed by atoms with Gasteiger partial charge >= 0.3 is 0 Å². The molecule has 1 rings (SSSR count). The molecule has 5 heteroatoms. The summed E-state index contributed by atoms with van der Waals surface area (Å²) in [5.74, 6) is -0.0648. The second-order valence-corrected chi connectivity index (χ2v) is 9.78. The number of hydrogen-bond acceptors (Lipinski definition) is 4. The van der Waals surface area contributed by atoms with Gasteiger partial charge in [0.15, 0.2) is 0 Å². The number of imide groups is 1. The highest BCUT2D eigenvalue weighted by molar-refractivity contribution is 6.03. The van der Waals surface area contributed by atoms with Gasteiger partial charge < -0.3 is 11.1 Å². The van der Waals surface area contributed by atoms with Crippen LogP contribution >= 0.6 is 0 Å². The second kappa shape index (κ2) is 11.2. The van der Waals surface area contributed by atoms with Crippen LogP contribution in [0.3, 0.4) is 0 Å². The molecule has 0 aromatic heterocycles. The van der Waals surface area contributed by atoms with Crippen LogP contribution in [0.2, 0.25) is 0 Å². The van der Waals surface area contributed by atoms with E-state index < -0.39 is 0 Å². The lowest BCUT2D eigenvalue weighted by Gasteiger charge is -2.40. The first-order valence-electron chi connectivity index (χ1n) is 10.8. The molecule has 1 unspecified atom stereocenters. The fourth-order valence-corrected chi connectivity index (χ4v) is 3.46. The van der Waals surface area contributed by atoms with Gasteiger partial charge in [0.2, 0.25) is 11.8 Å². The maximum atomic E-state index is 12.7. The number of hydrogen-bond donors (Lipinski definition) is 2. The third-order valence-corrected chi connectivity index (χ3v) is 6.42. The zero-order chi connectivity index (χ0) is 20.5. The van der Waals surface area contributed by atoms with E-state index in [4.69, 9.17) is 5.73 Å². The van der Waals surface area contributed by atoms with E-state index in [0.717, 1.165) is 51.7 Å². The molecule has 1 aliphatic rings. The van der Waals surface area contributed by atoms with E-state index in [-0.39, 0.29) is 28.6 Å². The molecule has 0 aromatic carbocycles. The van der Waals surface area contributed by atoms with E-state index in [9.17, 15) is 9.59 Å². The highest BCUT2D eigenvalue weighted by Crippen LogP contribution is 2.44. The summed E-state index contributed by atoms with van der Waals surface area (Å²) >= 11 is 0. The predicted molar refractivity (Wildman–Crippen MR) is 112 cm³/mol. The summed E-state index contributed by atoms with van der Waals surface area (Å²) in [4.78, 5) is 26.5. The molecule has 2 amide bonds. The Morgan fingerprint density at radius 2 is 1.56 bits per heavy atom. The van der Waals surface area contributed by atoms with Crippen molar-refractivity contribution in [2.75, 3.05) is 26.2 Å². The molecule has 0 bridgehead atoms. The van der Waals surface area contributed by atoms with Crippen molar-refractivity contribution in [3.05, 3.63) is 0 Å². The minimum absolute atomic E-state index is 0.0211. The van der Waals surface area contributed by atoms with Crippen LogP contribution in [0.4, 0.5) is 0 Å². The Labute approximate surface area is 166 Å². The van der Waals surface area contributed by atoms with E-state index >= 15 is 0 Å². The molecule has 1 saturated heterocycles. The first-order valence-corrected chi connectivity index (χ1v) is 10.8. The SMILES string of the molecule is CC(C)(C)C(C)(C)CC1CC(=O)N(CCCCCNCCCCCN)C1=O. The van der Waals surface area contributed by atoms with Crippen molar-refractivity contribution in [2.24, 2.45) is 22.5 Å². The molecule has 1 aliphatic heterocycles. The molecule has 158 valence electrons. The molecule has 1 fully saturated rings. The van der Waals surface area contributed by atoms with Crippen molar-refractivity contribution in [3.63, 3.8) is 0 Å². The van der Waals surface area contributed by atoms with Crippen molar-refractivity contribution in [2.45, 2.75) is 86.0 Å². The van der Waals surface area contributed by atoms with Gasteiger partial charge in [0.25, 0.3) is 0 Å². The fourth-order valence-electron chi connectivity index (χ4n) is 3.46. The van der Waals surface area contributed by atoms with Gasteiger partial charge in [0, 0.05) is 18.9 Å². The molecule has 1 atom stereocenters. The summed E-state index contributed by atoms with van der Waals surface area (Å²) in [6.07, 6.45) is 7.69. The van der Waals surface area contributed by atoms with Gasteiger partial charge in [-0.15, -0.1) is 0 Å². The van der Waals surface area contributed by atoms with Crippen LogP contribution in [0, 0.1) is 16.7 Å². The maximum Gasteiger partial charge on any atom is 0.232 e. The van der Waals surface area contributed by atoms with E-state index in [1.807, 2.05) is 0 Å². The molecule has 0 saturated carbocycles. The zero-order valence-corrected chi connectivity index (χ0v) is 18.4. The van der Waals surface area contributed by atoms with Crippen molar-refractivity contribution in [3.8, 4) is 0 Å². The number of likely N-dealkylation sites (tertiary alicyclic amines) is 1. The number of carbonyl (C=O) groups excluding carboxylic acids is 2. The minimum atomic E-state index is -0.137. The Kier molecular flexibility index (Phi) is 9.96. The van der Waals surface area contributed by atoms with E-state index in [2.05, 4.69) is 39.9 Å². The molecule has 27 heavy (non-hydrogen) atoms. The Hall–Kier alpha value is -0.940. The largest absolute Gasteiger partial charge is 0.330 e. The molecule has 0 spiro atoms. The van der Waals surface area contributed by atoms with Crippen molar-refractivity contribution < 1.29 is 9.59 Å². The molecule has 0 radical (unpaired) electrons. The summed E-state index contributed by atoms with van der Waals surface area (Å²) in [6.45, 7) is 14.5. The third-order valence-electron chi connectivity index (χ3n) is 6.42. The molecule has 0 aliphatic carbocycles. The van der Waals surface area contributed by atoms with Gasteiger partial charge in [-0.05, 0) is 62.6 Å². The highest BCUT2D eigenvalue weighted by Gasteiger charge is 2.43.